The Morgan fingerprint density at radius 1 is 1.38 bits per heavy atom. The molecule has 0 saturated heterocycles. The Labute approximate surface area is 128 Å². The molecule has 0 spiro atoms. The van der Waals surface area contributed by atoms with E-state index in [0.29, 0.717) is 0 Å². The highest BCUT2D eigenvalue weighted by molar-refractivity contribution is 5.56. The van der Waals surface area contributed by atoms with Crippen LogP contribution in [0.2, 0.25) is 0 Å². The van der Waals surface area contributed by atoms with Crippen LogP contribution in [-0.4, -0.2) is 31.8 Å². The predicted molar refractivity (Wildman–Crippen MR) is 88.3 cm³/mol. The Morgan fingerprint density at radius 2 is 2.19 bits per heavy atom. The Balaban J connectivity index is 2.08. The molecule has 1 aliphatic rings. The quantitative estimate of drug-likeness (QED) is 0.779. The molecule has 1 heterocycles. The van der Waals surface area contributed by atoms with E-state index in [1.54, 1.807) is 7.11 Å². The van der Waals surface area contributed by atoms with Gasteiger partial charge in [-0.1, -0.05) is 30.9 Å². The van der Waals surface area contributed by atoms with Crippen molar-refractivity contribution < 1.29 is 4.74 Å². The SMILES string of the molecule is COCCNC/C(=C/c1cnccc1C)C1CCCCC1. The fourth-order valence-electron chi connectivity index (χ4n) is 3.02. The smallest absolute Gasteiger partial charge is 0.0587 e. The maximum absolute atomic E-state index is 5.11. The van der Waals surface area contributed by atoms with Crippen LogP contribution in [0.25, 0.3) is 6.08 Å². The number of methoxy groups -OCH3 is 1. The van der Waals surface area contributed by atoms with E-state index in [2.05, 4.69) is 29.4 Å². The number of hydrogen-bond acceptors (Lipinski definition) is 3. The van der Waals surface area contributed by atoms with Gasteiger partial charge in [-0.05, 0) is 42.9 Å². The summed E-state index contributed by atoms with van der Waals surface area (Å²) in [6.07, 6.45) is 13.0. The number of aromatic nitrogens is 1. The van der Waals surface area contributed by atoms with Crippen LogP contribution in [0.4, 0.5) is 0 Å². The number of hydrogen-bond donors (Lipinski definition) is 1. The van der Waals surface area contributed by atoms with Crippen LogP contribution in [0.1, 0.15) is 43.2 Å². The van der Waals surface area contributed by atoms with E-state index in [0.717, 1.165) is 25.6 Å². The van der Waals surface area contributed by atoms with E-state index < -0.39 is 0 Å². The molecule has 1 aromatic rings. The van der Waals surface area contributed by atoms with E-state index in [4.69, 9.17) is 4.74 Å². The van der Waals surface area contributed by atoms with Crippen molar-refractivity contribution in [1.29, 1.82) is 0 Å². The summed E-state index contributed by atoms with van der Waals surface area (Å²) >= 11 is 0. The van der Waals surface area contributed by atoms with Gasteiger partial charge in [0.2, 0.25) is 0 Å². The highest BCUT2D eigenvalue weighted by Crippen LogP contribution is 2.30. The number of ether oxygens (including phenoxy) is 1. The Bertz CT molecular complexity index is 450. The van der Waals surface area contributed by atoms with Gasteiger partial charge in [-0.25, -0.2) is 0 Å². The number of rotatable bonds is 7. The van der Waals surface area contributed by atoms with Crippen molar-refractivity contribution in [3.05, 3.63) is 35.2 Å². The Morgan fingerprint density at radius 3 is 2.90 bits per heavy atom. The number of pyridine rings is 1. The van der Waals surface area contributed by atoms with Gasteiger partial charge in [0.05, 0.1) is 6.61 Å². The summed E-state index contributed by atoms with van der Waals surface area (Å²) in [7, 11) is 1.75. The van der Waals surface area contributed by atoms with Gasteiger partial charge in [0.15, 0.2) is 0 Å². The molecular formula is C18H28N2O. The van der Waals surface area contributed by atoms with Crippen molar-refractivity contribution in [3.63, 3.8) is 0 Å². The molecule has 1 saturated carbocycles. The fourth-order valence-corrected chi connectivity index (χ4v) is 3.02. The van der Waals surface area contributed by atoms with Gasteiger partial charge in [0.1, 0.15) is 0 Å². The molecule has 2 rings (SSSR count). The molecule has 0 bridgehead atoms. The second-order valence-electron chi connectivity index (χ2n) is 5.96. The normalized spacial score (nSPS) is 17.1. The molecule has 1 aliphatic carbocycles. The first-order chi connectivity index (χ1) is 10.3. The van der Waals surface area contributed by atoms with Crippen molar-refractivity contribution in [2.24, 2.45) is 5.92 Å². The zero-order valence-corrected chi connectivity index (χ0v) is 13.4. The lowest BCUT2D eigenvalue weighted by atomic mass is 9.83. The average molecular weight is 288 g/mol. The maximum Gasteiger partial charge on any atom is 0.0587 e. The first-order valence-corrected chi connectivity index (χ1v) is 8.12. The van der Waals surface area contributed by atoms with E-state index >= 15 is 0 Å². The molecule has 0 radical (unpaired) electrons. The number of nitrogens with zero attached hydrogens (tertiary/aromatic N) is 1. The minimum absolute atomic E-state index is 0.730. The van der Waals surface area contributed by atoms with E-state index in [9.17, 15) is 0 Å². The third kappa shape index (κ3) is 5.25. The highest BCUT2D eigenvalue weighted by Gasteiger charge is 2.17. The van der Waals surface area contributed by atoms with Gasteiger partial charge in [-0.2, -0.15) is 0 Å². The molecule has 1 aromatic heterocycles. The number of aryl methyl sites for hydroxylation is 1. The lowest BCUT2D eigenvalue weighted by Gasteiger charge is -2.25. The lowest BCUT2D eigenvalue weighted by molar-refractivity contribution is 0.200. The van der Waals surface area contributed by atoms with Crippen molar-refractivity contribution >= 4 is 6.08 Å². The standard InChI is InChI=1S/C18H28N2O/c1-15-8-9-19-13-17(15)12-18(14-20-10-11-21-2)16-6-4-3-5-7-16/h8-9,12-13,16,20H,3-7,10-11,14H2,1-2H3/b18-12-. The molecule has 0 aromatic carbocycles. The molecule has 3 nitrogen and oxygen atoms in total. The minimum atomic E-state index is 0.730. The van der Waals surface area contributed by atoms with Crippen LogP contribution in [0.15, 0.2) is 24.0 Å². The summed E-state index contributed by atoms with van der Waals surface area (Å²) in [6, 6.07) is 2.09. The van der Waals surface area contributed by atoms with Gasteiger partial charge in [-0.3, -0.25) is 4.98 Å². The monoisotopic (exact) mass is 288 g/mol. The second kappa shape index (κ2) is 8.96. The zero-order valence-electron chi connectivity index (χ0n) is 13.4. The van der Waals surface area contributed by atoms with Crippen molar-refractivity contribution in [1.82, 2.24) is 10.3 Å². The molecule has 3 heteroatoms. The van der Waals surface area contributed by atoms with Crippen molar-refractivity contribution in [2.45, 2.75) is 39.0 Å². The molecule has 0 amide bonds. The summed E-state index contributed by atoms with van der Waals surface area (Å²) in [5.74, 6) is 0.730. The van der Waals surface area contributed by atoms with Gasteiger partial charge >= 0.3 is 0 Å². The molecular weight excluding hydrogens is 260 g/mol. The first kappa shape index (κ1) is 16.2. The van der Waals surface area contributed by atoms with Crippen LogP contribution in [0.3, 0.4) is 0 Å². The fraction of sp³-hybridized carbons (Fsp3) is 0.611. The van der Waals surface area contributed by atoms with Crippen LogP contribution in [0.5, 0.6) is 0 Å². The third-order valence-corrected chi connectivity index (χ3v) is 4.36. The summed E-state index contributed by atoms with van der Waals surface area (Å²) in [5.41, 5.74) is 4.09. The molecule has 0 atom stereocenters. The average Bonchev–Trinajstić information content (AvgIpc) is 2.53. The van der Waals surface area contributed by atoms with Crippen LogP contribution in [-0.2, 0) is 4.74 Å². The third-order valence-electron chi connectivity index (χ3n) is 4.36. The Hall–Kier alpha value is -1.19. The molecule has 116 valence electrons. The maximum atomic E-state index is 5.11. The lowest BCUT2D eigenvalue weighted by Crippen LogP contribution is -2.25. The van der Waals surface area contributed by atoms with Crippen molar-refractivity contribution in [3.8, 4) is 0 Å². The van der Waals surface area contributed by atoms with Gasteiger partial charge < -0.3 is 10.1 Å². The van der Waals surface area contributed by atoms with Gasteiger partial charge in [-0.15, -0.1) is 0 Å². The molecule has 21 heavy (non-hydrogen) atoms. The van der Waals surface area contributed by atoms with Gasteiger partial charge in [0.25, 0.3) is 0 Å². The summed E-state index contributed by atoms with van der Waals surface area (Å²) in [5, 5.41) is 3.51. The van der Waals surface area contributed by atoms with E-state index in [1.807, 2.05) is 12.4 Å². The second-order valence-corrected chi connectivity index (χ2v) is 5.96. The molecule has 0 aliphatic heterocycles. The van der Waals surface area contributed by atoms with Crippen molar-refractivity contribution in [2.75, 3.05) is 26.8 Å². The van der Waals surface area contributed by atoms with E-state index in [1.165, 1.54) is 48.8 Å². The van der Waals surface area contributed by atoms with Crippen LogP contribution in [0, 0.1) is 12.8 Å². The zero-order chi connectivity index (χ0) is 14.9. The summed E-state index contributed by atoms with van der Waals surface area (Å²) in [4.78, 5) is 4.27. The minimum Gasteiger partial charge on any atom is -0.383 e. The topological polar surface area (TPSA) is 34.1 Å². The Kier molecular flexibility index (Phi) is 6.90. The summed E-state index contributed by atoms with van der Waals surface area (Å²) in [6.45, 7) is 4.79. The highest BCUT2D eigenvalue weighted by atomic mass is 16.5. The molecule has 1 fully saturated rings. The van der Waals surface area contributed by atoms with Gasteiger partial charge in [0, 0.05) is 32.6 Å². The van der Waals surface area contributed by atoms with Crippen LogP contribution < -0.4 is 5.32 Å². The molecule has 0 unspecified atom stereocenters. The predicted octanol–water partition coefficient (Wildman–Crippen LogP) is 3.59. The first-order valence-electron chi connectivity index (χ1n) is 8.12. The largest absolute Gasteiger partial charge is 0.383 e. The van der Waals surface area contributed by atoms with Crippen LogP contribution >= 0.6 is 0 Å². The molecule has 1 N–H and O–H groups in total. The van der Waals surface area contributed by atoms with E-state index in [-0.39, 0.29) is 0 Å². The number of nitrogens with one attached hydrogen (secondary N) is 1. The summed E-state index contributed by atoms with van der Waals surface area (Å²) < 4.78 is 5.11.